The van der Waals surface area contributed by atoms with Crippen LogP contribution in [0.5, 0.6) is 5.75 Å². The summed E-state index contributed by atoms with van der Waals surface area (Å²) in [5.41, 5.74) is 0.332. The van der Waals surface area contributed by atoms with E-state index < -0.39 is 11.2 Å². The minimum Gasteiger partial charge on any atom is -0.494 e. The molecule has 0 aliphatic carbocycles. The van der Waals surface area contributed by atoms with Crippen molar-refractivity contribution in [3.05, 3.63) is 29.6 Å². The van der Waals surface area contributed by atoms with Crippen molar-refractivity contribution in [1.82, 2.24) is 4.90 Å². The Morgan fingerprint density at radius 1 is 1.37 bits per heavy atom. The minimum atomic E-state index is -0.430. The van der Waals surface area contributed by atoms with Gasteiger partial charge in [0.05, 0.1) is 7.11 Å². The fourth-order valence-corrected chi connectivity index (χ4v) is 1.83. The van der Waals surface area contributed by atoms with E-state index in [1.54, 1.807) is 17.0 Å². The Labute approximate surface area is 114 Å². The third kappa shape index (κ3) is 3.94. The third-order valence-corrected chi connectivity index (χ3v) is 2.90. The minimum absolute atomic E-state index is 0.0613. The molecule has 1 rings (SSSR count). The molecule has 0 heterocycles. The van der Waals surface area contributed by atoms with Crippen molar-refractivity contribution < 1.29 is 13.9 Å². The second-order valence-corrected chi connectivity index (χ2v) is 5.54. The number of benzene rings is 1. The van der Waals surface area contributed by atoms with Gasteiger partial charge in [0.15, 0.2) is 11.6 Å². The van der Waals surface area contributed by atoms with Crippen LogP contribution in [-0.2, 0) is 11.3 Å². The number of hydrogen-bond acceptors (Lipinski definition) is 2. The van der Waals surface area contributed by atoms with Crippen molar-refractivity contribution in [2.24, 2.45) is 5.41 Å². The van der Waals surface area contributed by atoms with Crippen LogP contribution in [0.3, 0.4) is 0 Å². The number of rotatable bonds is 4. The standard InChI is InChI=1S/C15H22FNO2/c1-6-17(14(18)15(2,3)4)10-11-7-8-13(19-5)12(16)9-11/h7-9H,6,10H2,1-5H3. The van der Waals surface area contributed by atoms with Crippen LogP contribution in [0.2, 0.25) is 0 Å². The largest absolute Gasteiger partial charge is 0.494 e. The van der Waals surface area contributed by atoms with Crippen molar-refractivity contribution in [3.63, 3.8) is 0 Å². The molecule has 1 amide bonds. The Hall–Kier alpha value is -1.58. The molecule has 0 radical (unpaired) electrons. The Morgan fingerprint density at radius 3 is 2.42 bits per heavy atom. The van der Waals surface area contributed by atoms with Crippen molar-refractivity contribution in [2.75, 3.05) is 13.7 Å². The van der Waals surface area contributed by atoms with Gasteiger partial charge in [0.25, 0.3) is 0 Å². The molecule has 19 heavy (non-hydrogen) atoms. The smallest absolute Gasteiger partial charge is 0.228 e. The van der Waals surface area contributed by atoms with Crippen LogP contribution in [0.25, 0.3) is 0 Å². The number of halogens is 1. The van der Waals surface area contributed by atoms with Crippen LogP contribution in [0, 0.1) is 11.2 Å². The van der Waals surface area contributed by atoms with Crippen LogP contribution < -0.4 is 4.74 Å². The molecule has 0 aromatic heterocycles. The molecule has 1 aromatic carbocycles. The molecule has 0 fully saturated rings. The first-order chi connectivity index (χ1) is 8.79. The SMILES string of the molecule is CCN(Cc1ccc(OC)c(F)c1)C(=O)C(C)(C)C. The first-order valence-electron chi connectivity index (χ1n) is 6.41. The normalized spacial score (nSPS) is 11.3. The molecule has 0 saturated heterocycles. The van der Waals surface area contributed by atoms with Gasteiger partial charge in [0, 0.05) is 18.5 Å². The van der Waals surface area contributed by atoms with Gasteiger partial charge in [-0.2, -0.15) is 0 Å². The number of carbonyl (C=O) groups excluding carboxylic acids is 1. The highest BCUT2D eigenvalue weighted by atomic mass is 19.1. The van der Waals surface area contributed by atoms with E-state index in [-0.39, 0.29) is 11.7 Å². The number of methoxy groups -OCH3 is 1. The summed E-state index contributed by atoms with van der Waals surface area (Å²) >= 11 is 0. The molecule has 0 aliphatic rings. The van der Waals surface area contributed by atoms with E-state index in [1.807, 2.05) is 27.7 Å². The lowest BCUT2D eigenvalue weighted by Gasteiger charge is -2.28. The van der Waals surface area contributed by atoms with E-state index in [0.29, 0.717) is 13.1 Å². The van der Waals surface area contributed by atoms with Crippen molar-refractivity contribution in [3.8, 4) is 5.75 Å². The summed E-state index contributed by atoms with van der Waals surface area (Å²) < 4.78 is 18.5. The zero-order valence-corrected chi connectivity index (χ0v) is 12.3. The number of ether oxygens (including phenoxy) is 1. The lowest BCUT2D eigenvalue weighted by Crippen LogP contribution is -2.38. The Balaban J connectivity index is 2.88. The zero-order valence-electron chi connectivity index (χ0n) is 12.3. The Kier molecular flexibility index (Phi) is 4.92. The summed E-state index contributed by atoms with van der Waals surface area (Å²) in [6, 6.07) is 4.78. The number of amides is 1. The van der Waals surface area contributed by atoms with Gasteiger partial charge < -0.3 is 9.64 Å². The first-order valence-corrected chi connectivity index (χ1v) is 6.41. The van der Waals surface area contributed by atoms with Gasteiger partial charge in [-0.3, -0.25) is 4.79 Å². The second kappa shape index (κ2) is 6.04. The number of carbonyl (C=O) groups is 1. The molecule has 0 bridgehead atoms. The summed E-state index contributed by atoms with van der Waals surface area (Å²) in [7, 11) is 1.43. The van der Waals surface area contributed by atoms with Gasteiger partial charge >= 0.3 is 0 Å². The molecule has 0 aliphatic heterocycles. The quantitative estimate of drug-likeness (QED) is 0.838. The molecule has 4 heteroatoms. The lowest BCUT2D eigenvalue weighted by molar-refractivity contribution is -0.139. The maximum Gasteiger partial charge on any atom is 0.228 e. The Morgan fingerprint density at radius 2 is 2.00 bits per heavy atom. The van der Waals surface area contributed by atoms with E-state index in [9.17, 15) is 9.18 Å². The number of hydrogen-bond donors (Lipinski definition) is 0. The van der Waals surface area contributed by atoms with Crippen molar-refractivity contribution in [2.45, 2.75) is 34.2 Å². The topological polar surface area (TPSA) is 29.5 Å². The summed E-state index contributed by atoms with van der Waals surface area (Å²) in [6.45, 7) is 8.58. The van der Waals surface area contributed by atoms with E-state index in [2.05, 4.69) is 0 Å². The van der Waals surface area contributed by atoms with Crippen LogP contribution in [0.4, 0.5) is 4.39 Å². The average molecular weight is 267 g/mol. The predicted octanol–water partition coefficient (Wildman–Crippen LogP) is 3.23. The molecular formula is C15H22FNO2. The fraction of sp³-hybridized carbons (Fsp3) is 0.533. The number of nitrogens with zero attached hydrogens (tertiary/aromatic N) is 1. The van der Waals surface area contributed by atoms with Gasteiger partial charge in [-0.1, -0.05) is 26.8 Å². The average Bonchev–Trinajstić information content (AvgIpc) is 2.34. The molecule has 0 N–H and O–H groups in total. The van der Waals surface area contributed by atoms with Crippen LogP contribution >= 0.6 is 0 Å². The van der Waals surface area contributed by atoms with E-state index >= 15 is 0 Å². The molecule has 0 saturated carbocycles. The molecule has 1 aromatic rings. The van der Waals surface area contributed by atoms with Crippen LogP contribution in [-0.4, -0.2) is 24.5 Å². The maximum atomic E-state index is 13.6. The predicted molar refractivity (Wildman–Crippen MR) is 73.5 cm³/mol. The van der Waals surface area contributed by atoms with Gasteiger partial charge in [-0.05, 0) is 24.6 Å². The highest BCUT2D eigenvalue weighted by molar-refractivity contribution is 5.81. The van der Waals surface area contributed by atoms with Crippen molar-refractivity contribution in [1.29, 1.82) is 0 Å². The molecule has 0 unspecified atom stereocenters. The maximum absolute atomic E-state index is 13.6. The van der Waals surface area contributed by atoms with E-state index in [4.69, 9.17) is 4.74 Å². The monoisotopic (exact) mass is 267 g/mol. The molecular weight excluding hydrogens is 245 g/mol. The van der Waals surface area contributed by atoms with Gasteiger partial charge in [0.1, 0.15) is 0 Å². The van der Waals surface area contributed by atoms with Gasteiger partial charge in [-0.25, -0.2) is 4.39 Å². The molecule has 106 valence electrons. The fourth-order valence-electron chi connectivity index (χ4n) is 1.83. The second-order valence-electron chi connectivity index (χ2n) is 5.54. The molecule has 0 atom stereocenters. The lowest BCUT2D eigenvalue weighted by atomic mass is 9.94. The van der Waals surface area contributed by atoms with Crippen molar-refractivity contribution >= 4 is 5.91 Å². The Bertz CT molecular complexity index is 452. The summed E-state index contributed by atoms with van der Waals surface area (Å²) in [5.74, 6) is -0.126. The van der Waals surface area contributed by atoms with Gasteiger partial charge in [0.2, 0.25) is 5.91 Å². The highest BCUT2D eigenvalue weighted by Gasteiger charge is 2.26. The molecule has 3 nitrogen and oxygen atoms in total. The highest BCUT2D eigenvalue weighted by Crippen LogP contribution is 2.22. The van der Waals surface area contributed by atoms with Crippen LogP contribution in [0.15, 0.2) is 18.2 Å². The third-order valence-electron chi connectivity index (χ3n) is 2.90. The summed E-state index contributed by atoms with van der Waals surface area (Å²) in [4.78, 5) is 13.9. The van der Waals surface area contributed by atoms with E-state index in [0.717, 1.165) is 5.56 Å². The summed E-state index contributed by atoms with van der Waals surface area (Å²) in [5, 5.41) is 0. The molecule has 0 spiro atoms. The van der Waals surface area contributed by atoms with Crippen LogP contribution in [0.1, 0.15) is 33.3 Å². The first kappa shape index (κ1) is 15.5. The van der Waals surface area contributed by atoms with E-state index in [1.165, 1.54) is 13.2 Å². The summed E-state index contributed by atoms with van der Waals surface area (Å²) in [6.07, 6.45) is 0. The zero-order chi connectivity index (χ0) is 14.6. The van der Waals surface area contributed by atoms with Gasteiger partial charge in [-0.15, -0.1) is 0 Å².